The van der Waals surface area contributed by atoms with E-state index in [1.54, 1.807) is 49.3 Å². The van der Waals surface area contributed by atoms with Crippen molar-refractivity contribution in [3.05, 3.63) is 108 Å². The Balaban J connectivity index is 1.49. The maximum atomic E-state index is 13.9. The zero-order valence-corrected chi connectivity index (χ0v) is 22.7. The van der Waals surface area contributed by atoms with Gasteiger partial charge in [0.15, 0.2) is 11.5 Å². The Morgan fingerprint density at radius 2 is 1.46 bits per heavy atom. The summed E-state index contributed by atoms with van der Waals surface area (Å²) in [7, 11) is 4.72. The topological polar surface area (TPSA) is 68.3 Å². The summed E-state index contributed by atoms with van der Waals surface area (Å²) in [5, 5.41) is -0.276. The van der Waals surface area contributed by atoms with Crippen LogP contribution in [-0.2, 0) is 4.79 Å². The van der Waals surface area contributed by atoms with Crippen molar-refractivity contribution in [2.45, 2.75) is 5.37 Å². The molecule has 39 heavy (non-hydrogen) atoms. The van der Waals surface area contributed by atoms with Crippen LogP contribution in [0.5, 0.6) is 17.2 Å². The summed E-state index contributed by atoms with van der Waals surface area (Å²) in [4.78, 5) is 30.3. The predicted molar refractivity (Wildman–Crippen MR) is 155 cm³/mol. The van der Waals surface area contributed by atoms with Crippen LogP contribution >= 0.6 is 11.8 Å². The lowest BCUT2D eigenvalue weighted by molar-refractivity contribution is -0.115. The van der Waals surface area contributed by atoms with E-state index in [0.717, 1.165) is 11.3 Å². The van der Waals surface area contributed by atoms with Crippen LogP contribution in [0.1, 0.15) is 21.3 Å². The number of methoxy groups -OCH3 is 3. The maximum Gasteiger partial charge on any atom is 0.262 e. The smallest absolute Gasteiger partial charge is 0.262 e. The molecule has 1 aliphatic rings. The molecule has 0 spiro atoms. The molecule has 7 nitrogen and oxygen atoms in total. The summed E-state index contributed by atoms with van der Waals surface area (Å²) < 4.78 is 16.6. The maximum absolute atomic E-state index is 13.9. The van der Waals surface area contributed by atoms with Crippen LogP contribution in [0.25, 0.3) is 0 Å². The van der Waals surface area contributed by atoms with Gasteiger partial charge in [0.1, 0.15) is 11.1 Å². The standard InChI is InChI=1S/C31H28N2O5S/c1-36-26-14-8-7-12-24(26)32(23-10-5-4-6-11-23)30(35)21-16-18-22(19-17-21)31-33(28(34)20-39-31)25-13-9-15-27(37-2)29(25)38-3/h4-19,31H,20H2,1-3H3. The van der Waals surface area contributed by atoms with Gasteiger partial charge < -0.3 is 14.2 Å². The summed E-state index contributed by atoms with van der Waals surface area (Å²) in [6, 6.07) is 29.8. The van der Waals surface area contributed by atoms with E-state index >= 15 is 0 Å². The lowest BCUT2D eigenvalue weighted by atomic mass is 10.1. The zero-order valence-electron chi connectivity index (χ0n) is 21.9. The molecule has 0 bridgehead atoms. The fraction of sp³-hybridized carbons (Fsp3) is 0.161. The Morgan fingerprint density at radius 3 is 2.15 bits per heavy atom. The van der Waals surface area contributed by atoms with Crippen LogP contribution in [0.3, 0.4) is 0 Å². The second-order valence-corrected chi connectivity index (χ2v) is 9.78. The molecule has 4 aromatic rings. The van der Waals surface area contributed by atoms with Gasteiger partial charge in [-0.25, -0.2) is 0 Å². The predicted octanol–water partition coefficient (Wildman–Crippen LogP) is 6.47. The number of anilines is 3. The van der Waals surface area contributed by atoms with E-state index in [0.29, 0.717) is 39.9 Å². The lowest BCUT2D eigenvalue weighted by Gasteiger charge is -2.27. The number of carbonyl (C=O) groups excluding carboxylic acids is 2. The molecule has 0 N–H and O–H groups in total. The summed E-state index contributed by atoms with van der Waals surface area (Å²) in [5.41, 5.74) is 3.42. The molecule has 1 fully saturated rings. The monoisotopic (exact) mass is 540 g/mol. The SMILES string of the molecule is COc1ccccc1N(C(=O)c1ccc(C2SCC(=O)N2c2cccc(OC)c2OC)cc1)c1ccccc1. The molecule has 1 atom stereocenters. The molecule has 0 saturated carbocycles. The number of hydrogen-bond acceptors (Lipinski definition) is 6. The molecular weight excluding hydrogens is 512 g/mol. The number of hydrogen-bond donors (Lipinski definition) is 0. The molecule has 1 aliphatic heterocycles. The average Bonchev–Trinajstić information content (AvgIpc) is 3.38. The highest BCUT2D eigenvalue weighted by Crippen LogP contribution is 2.47. The van der Waals surface area contributed by atoms with Gasteiger partial charge in [0.05, 0.1) is 38.5 Å². The Kier molecular flexibility index (Phi) is 7.74. The van der Waals surface area contributed by atoms with Gasteiger partial charge in [0.25, 0.3) is 5.91 Å². The van der Waals surface area contributed by atoms with Gasteiger partial charge in [-0.15, -0.1) is 11.8 Å². The Bertz CT molecular complexity index is 1480. The summed E-state index contributed by atoms with van der Waals surface area (Å²) in [6.45, 7) is 0. The van der Waals surface area contributed by atoms with Crippen LogP contribution in [0.15, 0.2) is 97.1 Å². The average molecular weight is 541 g/mol. The molecule has 198 valence electrons. The Morgan fingerprint density at radius 1 is 0.795 bits per heavy atom. The van der Waals surface area contributed by atoms with Crippen LogP contribution in [0.2, 0.25) is 0 Å². The number of benzene rings is 4. The van der Waals surface area contributed by atoms with Crippen molar-refractivity contribution in [1.29, 1.82) is 0 Å². The van der Waals surface area contributed by atoms with Crippen molar-refractivity contribution in [2.75, 3.05) is 36.9 Å². The largest absolute Gasteiger partial charge is 0.495 e. The number of thioether (sulfide) groups is 1. The first-order valence-electron chi connectivity index (χ1n) is 12.3. The third kappa shape index (κ3) is 5.03. The van der Waals surface area contributed by atoms with Crippen LogP contribution in [0.4, 0.5) is 17.1 Å². The van der Waals surface area contributed by atoms with Crippen LogP contribution < -0.4 is 24.0 Å². The summed E-state index contributed by atoms with van der Waals surface area (Å²) in [5.74, 6) is 1.76. The second kappa shape index (κ2) is 11.5. The second-order valence-electron chi connectivity index (χ2n) is 8.71. The highest BCUT2D eigenvalue weighted by Gasteiger charge is 2.36. The minimum absolute atomic E-state index is 0.0249. The minimum atomic E-state index is -0.276. The van der Waals surface area contributed by atoms with E-state index in [1.807, 2.05) is 78.9 Å². The fourth-order valence-corrected chi connectivity index (χ4v) is 5.84. The van der Waals surface area contributed by atoms with Gasteiger partial charge >= 0.3 is 0 Å². The number of amides is 2. The van der Waals surface area contributed by atoms with Crippen molar-refractivity contribution in [3.63, 3.8) is 0 Å². The molecule has 0 aromatic heterocycles. The van der Waals surface area contributed by atoms with E-state index in [1.165, 1.54) is 11.8 Å². The first-order valence-corrected chi connectivity index (χ1v) is 13.4. The molecule has 0 radical (unpaired) electrons. The van der Waals surface area contributed by atoms with Crippen LogP contribution in [0, 0.1) is 0 Å². The van der Waals surface area contributed by atoms with Gasteiger partial charge in [-0.3, -0.25) is 19.4 Å². The molecule has 8 heteroatoms. The highest BCUT2D eigenvalue weighted by molar-refractivity contribution is 8.00. The van der Waals surface area contributed by atoms with E-state index in [2.05, 4.69) is 0 Å². The van der Waals surface area contributed by atoms with Gasteiger partial charge in [0, 0.05) is 11.3 Å². The third-order valence-corrected chi connectivity index (χ3v) is 7.71. The quantitative estimate of drug-likeness (QED) is 0.255. The number of carbonyl (C=O) groups is 2. The normalized spacial score (nSPS) is 14.7. The number of ether oxygens (including phenoxy) is 3. The van der Waals surface area contributed by atoms with Crippen LogP contribution in [-0.4, -0.2) is 38.9 Å². The van der Waals surface area contributed by atoms with Crippen molar-refractivity contribution >= 4 is 40.6 Å². The molecule has 0 aliphatic carbocycles. The Labute approximate surface area is 231 Å². The lowest BCUT2D eigenvalue weighted by Crippen LogP contribution is -2.28. The van der Waals surface area contributed by atoms with E-state index < -0.39 is 0 Å². The van der Waals surface area contributed by atoms with E-state index in [-0.39, 0.29) is 17.2 Å². The number of rotatable bonds is 8. The summed E-state index contributed by atoms with van der Waals surface area (Å²) >= 11 is 1.53. The summed E-state index contributed by atoms with van der Waals surface area (Å²) in [6.07, 6.45) is 0. The molecule has 5 rings (SSSR count). The van der Waals surface area contributed by atoms with Crippen molar-refractivity contribution < 1.29 is 23.8 Å². The molecule has 2 amide bonds. The Hall–Kier alpha value is -4.43. The van der Waals surface area contributed by atoms with Gasteiger partial charge in [0.2, 0.25) is 5.91 Å². The van der Waals surface area contributed by atoms with Crippen molar-refractivity contribution in [2.24, 2.45) is 0 Å². The first-order chi connectivity index (χ1) is 19.1. The third-order valence-electron chi connectivity index (χ3n) is 6.50. The fourth-order valence-electron chi connectivity index (χ4n) is 4.67. The van der Waals surface area contributed by atoms with Gasteiger partial charge in [-0.1, -0.05) is 48.5 Å². The number of para-hydroxylation sites is 4. The van der Waals surface area contributed by atoms with Crippen molar-refractivity contribution in [1.82, 2.24) is 0 Å². The van der Waals surface area contributed by atoms with Gasteiger partial charge in [-0.2, -0.15) is 0 Å². The van der Waals surface area contributed by atoms with E-state index in [4.69, 9.17) is 14.2 Å². The number of nitrogens with zero attached hydrogens (tertiary/aromatic N) is 2. The first kappa shape index (κ1) is 26.2. The molecule has 1 heterocycles. The zero-order chi connectivity index (χ0) is 27.4. The molecule has 1 unspecified atom stereocenters. The molecular formula is C31H28N2O5S. The molecule has 4 aromatic carbocycles. The van der Waals surface area contributed by atoms with E-state index in [9.17, 15) is 9.59 Å². The molecule has 1 saturated heterocycles. The van der Waals surface area contributed by atoms with Gasteiger partial charge in [-0.05, 0) is 54.1 Å². The van der Waals surface area contributed by atoms with Crippen molar-refractivity contribution in [3.8, 4) is 17.2 Å². The highest BCUT2D eigenvalue weighted by atomic mass is 32.2. The minimum Gasteiger partial charge on any atom is -0.495 e.